The molecule has 0 aliphatic heterocycles. The first kappa shape index (κ1) is 26.1. The molecule has 4 nitrogen and oxygen atoms in total. The summed E-state index contributed by atoms with van der Waals surface area (Å²) in [6, 6.07) is 45.2. The first-order valence-electron chi connectivity index (χ1n) is 14.6. The molecular formula is C39H22ClN3OS. The van der Waals surface area contributed by atoms with Crippen LogP contribution in [0.2, 0.25) is 5.02 Å². The van der Waals surface area contributed by atoms with Crippen molar-refractivity contribution in [3.63, 3.8) is 0 Å². The number of nitrogens with zero attached hydrogens (tertiary/aromatic N) is 3. The molecule has 0 bridgehead atoms. The predicted octanol–water partition coefficient (Wildman–Crippen LogP) is 11.5. The highest BCUT2D eigenvalue weighted by atomic mass is 35.5. The molecule has 9 aromatic rings. The van der Waals surface area contributed by atoms with E-state index in [1.54, 1.807) is 11.3 Å². The van der Waals surface area contributed by atoms with Crippen molar-refractivity contribution in [2.45, 2.75) is 0 Å². The molecule has 45 heavy (non-hydrogen) atoms. The molecule has 0 aliphatic rings. The van der Waals surface area contributed by atoms with Crippen molar-refractivity contribution in [3.05, 3.63) is 138 Å². The first-order valence-corrected chi connectivity index (χ1v) is 15.8. The highest BCUT2D eigenvalue weighted by Gasteiger charge is 2.21. The lowest BCUT2D eigenvalue weighted by Crippen LogP contribution is -2.01. The van der Waals surface area contributed by atoms with Gasteiger partial charge in [0.2, 0.25) is 0 Å². The minimum absolute atomic E-state index is 0.576. The van der Waals surface area contributed by atoms with Gasteiger partial charge in [-0.15, -0.1) is 11.3 Å². The van der Waals surface area contributed by atoms with Crippen LogP contribution in [-0.4, -0.2) is 15.0 Å². The van der Waals surface area contributed by atoms with E-state index < -0.39 is 0 Å². The standard InChI is InChI=1S/C39H22ClN3OS/c40-30-22-21-25(35-27-15-6-8-18-31(27)44-36(30)35)24-13-4-5-14-26(24)38-41-37(23-11-2-1-3-12-23)42-39(43-38)29-17-10-20-33-34(29)28-16-7-9-19-32(28)45-33/h1-22H. The highest BCUT2D eigenvalue weighted by molar-refractivity contribution is 7.25. The van der Waals surface area contributed by atoms with Crippen molar-refractivity contribution in [1.82, 2.24) is 15.0 Å². The average molecular weight is 616 g/mol. The molecule has 0 saturated heterocycles. The van der Waals surface area contributed by atoms with Gasteiger partial charge in [0.15, 0.2) is 23.1 Å². The van der Waals surface area contributed by atoms with Gasteiger partial charge in [0.25, 0.3) is 0 Å². The summed E-state index contributed by atoms with van der Waals surface area (Å²) in [6.07, 6.45) is 0. The van der Waals surface area contributed by atoms with Crippen LogP contribution in [0.5, 0.6) is 0 Å². The van der Waals surface area contributed by atoms with Crippen LogP contribution >= 0.6 is 22.9 Å². The smallest absolute Gasteiger partial charge is 0.164 e. The number of furan rings is 1. The number of aromatic nitrogens is 3. The molecule has 0 amide bonds. The Balaban J connectivity index is 1.33. The number of benzene rings is 6. The number of para-hydroxylation sites is 1. The number of hydrogen-bond donors (Lipinski definition) is 0. The van der Waals surface area contributed by atoms with Crippen molar-refractivity contribution in [3.8, 4) is 45.3 Å². The zero-order valence-electron chi connectivity index (χ0n) is 23.7. The van der Waals surface area contributed by atoms with E-state index in [1.165, 1.54) is 14.8 Å². The summed E-state index contributed by atoms with van der Waals surface area (Å²) in [7, 11) is 0. The van der Waals surface area contributed by atoms with Gasteiger partial charge >= 0.3 is 0 Å². The maximum absolute atomic E-state index is 6.68. The van der Waals surface area contributed by atoms with Gasteiger partial charge in [-0.1, -0.05) is 121 Å². The average Bonchev–Trinajstić information content (AvgIpc) is 3.69. The Morgan fingerprint density at radius 1 is 0.467 bits per heavy atom. The van der Waals surface area contributed by atoms with Gasteiger partial charge in [-0.2, -0.15) is 0 Å². The largest absolute Gasteiger partial charge is 0.454 e. The molecule has 0 spiro atoms. The van der Waals surface area contributed by atoms with Crippen LogP contribution < -0.4 is 0 Å². The number of thiophene rings is 1. The molecule has 6 heteroatoms. The van der Waals surface area contributed by atoms with E-state index >= 15 is 0 Å². The highest BCUT2D eigenvalue weighted by Crippen LogP contribution is 2.43. The lowest BCUT2D eigenvalue weighted by molar-refractivity contribution is 0.669. The fourth-order valence-electron chi connectivity index (χ4n) is 6.23. The molecule has 0 radical (unpaired) electrons. The second-order valence-corrected chi connectivity index (χ2v) is 12.4. The zero-order valence-corrected chi connectivity index (χ0v) is 25.3. The third-order valence-electron chi connectivity index (χ3n) is 8.25. The van der Waals surface area contributed by atoms with E-state index in [-0.39, 0.29) is 0 Å². The van der Waals surface area contributed by atoms with Crippen molar-refractivity contribution >= 4 is 65.0 Å². The molecule has 0 atom stereocenters. The molecule has 0 fully saturated rings. The van der Waals surface area contributed by atoms with Gasteiger partial charge < -0.3 is 4.42 Å². The fourth-order valence-corrected chi connectivity index (χ4v) is 7.56. The zero-order chi connectivity index (χ0) is 29.9. The Hall–Kier alpha value is -5.36. The van der Waals surface area contributed by atoms with Crippen LogP contribution in [0.15, 0.2) is 138 Å². The minimum atomic E-state index is 0.576. The SMILES string of the molecule is Clc1ccc(-c2ccccc2-c2nc(-c3ccccc3)nc(-c3cccc4sc5ccccc5c34)n2)c2c1oc1ccccc12. The van der Waals surface area contributed by atoms with E-state index in [1.807, 2.05) is 66.7 Å². The molecule has 212 valence electrons. The molecule has 0 N–H and O–H groups in total. The number of halogens is 1. The quantitative estimate of drug-likeness (QED) is 0.198. The maximum Gasteiger partial charge on any atom is 0.164 e. The van der Waals surface area contributed by atoms with E-state index in [0.29, 0.717) is 28.1 Å². The van der Waals surface area contributed by atoms with Gasteiger partial charge in [0.05, 0.1) is 5.02 Å². The van der Waals surface area contributed by atoms with Crippen LogP contribution in [0, 0.1) is 0 Å². The normalized spacial score (nSPS) is 11.7. The van der Waals surface area contributed by atoms with Crippen molar-refractivity contribution < 1.29 is 4.42 Å². The number of fused-ring (bicyclic) bond motifs is 6. The molecular weight excluding hydrogens is 594 g/mol. The second kappa shape index (κ2) is 10.4. The van der Waals surface area contributed by atoms with Crippen molar-refractivity contribution in [2.24, 2.45) is 0 Å². The number of rotatable bonds is 4. The van der Waals surface area contributed by atoms with Gasteiger partial charge in [-0.3, -0.25) is 0 Å². The third-order valence-corrected chi connectivity index (χ3v) is 9.68. The Labute approximate surface area is 267 Å². The summed E-state index contributed by atoms with van der Waals surface area (Å²) in [5.74, 6) is 1.86. The first-order chi connectivity index (χ1) is 22.2. The van der Waals surface area contributed by atoms with Crippen molar-refractivity contribution in [1.29, 1.82) is 0 Å². The van der Waals surface area contributed by atoms with E-state index in [0.717, 1.165) is 49.6 Å². The lowest BCUT2D eigenvalue weighted by Gasteiger charge is -2.13. The Morgan fingerprint density at radius 3 is 1.98 bits per heavy atom. The van der Waals surface area contributed by atoms with Gasteiger partial charge in [0, 0.05) is 47.6 Å². The summed E-state index contributed by atoms with van der Waals surface area (Å²) in [5, 5.41) is 4.92. The van der Waals surface area contributed by atoms with E-state index in [9.17, 15) is 0 Å². The monoisotopic (exact) mass is 615 g/mol. The van der Waals surface area contributed by atoms with Crippen LogP contribution in [0.25, 0.3) is 87.4 Å². The summed E-state index contributed by atoms with van der Waals surface area (Å²) in [6.45, 7) is 0. The Kier molecular flexibility index (Phi) is 6.01. The molecule has 0 saturated carbocycles. The van der Waals surface area contributed by atoms with Crippen LogP contribution in [0.4, 0.5) is 0 Å². The molecule has 3 heterocycles. The maximum atomic E-state index is 6.68. The summed E-state index contributed by atoms with van der Waals surface area (Å²) in [4.78, 5) is 15.4. The van der Waals surface area contributed by atoms with Crippen LogP contribution in [0.3, 0.4) is 0 Å². The van der Waals surface area contributed by atoms with E-state index in [2.05, 4.69) is 66.7 Å². The third kappa shape index (κ3) is 4.24. The molecule has 6 aromatic carbocycles. The second-order valence-electron chi connectivity index (χ2n) is 10.9. The Morgan fingerprint density at radius 2 is 1.11 bits per heavy atom. The van der Waals surface area contributed by atoms with E-state index in [4.69, 9.17) is 31.0 Å². The summed E-state index contributed by atoms with van der Waals surface area (Å²) in [5.41, 5.74) is 6.27. The molecule has 0 unspecified atom stereocenters. The molecule has 3 aromatic heterocycles. The molecule has 9 rings (SSSR count). The predicted molar refractivity (Wildman–Crippen MR) is 187 cm³/mol. The van der Waals surface area contributed by atoms with Gasteiger partial charge in [-0.05, 0) is 35.4 Å². The Bertz CT molecular complexity index is 2570. The molecule has 0 aliphatic carbocycles. The van der Waals surface area contributed by atoms with Crippen LogP contribution in [0.1, 0.15) is 0 Å². The van der Waals surface area contributed by atoms with Crippen LogP contribution in [-0.2, 0) is 0 Å². The van der Waals surface area contributed by atoms with Crippen molar-refractivity contribution in [2.75, 3.05) is 0 Å². The summed E-state index contributed by atoms with van der Waals surface area (Å²) < 4.78 is 8.68. The topological polar surface area (TPSA) is 51.8 Å². The summed E-state index contributed by atoms with van der Waals surface area (Å²) >= 11 is 8.46. The fraction of sp³-hybridized carbons (Fsp3) is 0. The lowest BCUT2D eigenvalue weighted by atomic mass is 9.95. The number of hydrogen-bond acceptors (Lipinski definition) is 5. The van der Waals surface area contributed by atoms with Gasteiger partial charge in [-0.25, -0.2) is 15.0 Å². The van der Waals surface area contributed by atoms with Gasteiger partial charge in [0.1, 0.15) is 5.58 Å². The minimum Gasteiger partial charge on any atom is -0.454 e.